The SMILES string of the molecule is CCCCC[C@@H](C(=O)NCNC(=O)c1cccc(-c2ccc(C(=O)NCP(=O)(OCc3ccccc3)OCc3ccccc3)c(OCC)c2)n1)[C@@H](CC)N(C=O)OCc1ccccc1. The van der Waals surface area contributed by atoms with Gasteiger partial charge in [-0.2, -0.15) is 0 Å². The molecular formula is C49H58N5O9P. The third kappa shape index (κ3) is 15.0. The number of ether oxygens (including phenoxy) is 1. The van der Waals surface area contributed by atoms with E-state index >= 15 is 0 Å². The normalized spacial score (nSPS) is 12.1. The molecule has 0 aliphatic rings. The number of carbonyl (C=O) groups excluding carboxylic acids is 4. The van der Waals surface area contributed by atoms with Crippen molar-refractivity contribution in [3.05, 3.63) is 155 Å². The maximum atomic E-state index is 14.0. The molecule has 0 aliphatic heterocycles. The average molecular weight is 892 g/mol. The molecule has 4 aromatic carbocycles. The topological polar surface area (TPSA) is 174 Å². The van der Waals surface area contributed by atoms with E-state index in [1.54, 1.807) is 43.3 Å². The highest BCUT2D eigenvalue weighted by Gasteiger charge is 2.32. The van der Waals surface area contributed by atoms with Crippen LogP contribution >= 0.6 is 7.60 Å². The van der Waals surface area contributed by atoms with Gasteiger partial charge in [-0.1, -0.05) is 136 Å². The number of hydrogen-bond donors (Lipinski definition) is 3. The fourth-order valence-corrected chi connectivity index (χ4v) is 8.15. The Balaban J connectivity index is 1.22. The lowest BCUT2D eigenvalue weighted by atomic mass is 9.90. The lowest BCUT2D eigenvalue weighted by Crippen LogP contribution is -2.48. The second-order valence-electron chi connectivity index (χ2n) is 14.9. The van der Waals surface area contributed by atoms with Gasteiger partial charge in [0.15, 0.2) is 0 Å². The molecule has 4 amide bonds. The number of rotatable bonds is 27. The van der Waals surface area contributed by atoms with Crippen LogP contribution in [-0.4, -0.2) is 59.8 Å². The van der Waals surface area contributed by atoms with E-state index in [0.717, 1.165) is 36.0 Å². The van der Waals surface area contributed by atoms with E-state index in [9.17, 15) is 23.7 Å². The molecule has 0 aliphatic carbocycles. The summed E-state index contributed by atoms with van der Waals surface area (Å²) in [5, 5.41) is 9.50. The Morgan fingerprint density at radius 3 is 1.92 bits per heavy atom. The summed E-state index contributed by atoms with van der Waals surface area (Å²) in [5.74, 6) is -1.71. The second kappa shape index (κ2) is 25.8. The highest BCUT2D eigenvalue weighted by atomic mass is 31.2. The van der Waals surface area contributed by atoms with Crippen LogP contribution in [0.1, 0.15) is 90.4 Å². The molecule has 2 atom stereocenters. The van der Waals surface area contributed by atoms with Crippen molar-refractivity contribution in [2.24, 2.45) is 5.92 Å². The van der Waals surface area contributed by atoms with E-state index in [2.05, 4.69) is 27.9 Å². The summed E-state index contributed by atoms with van der Waals surface area (Å²) >= 11 is 0. The summed E-state index contributed by atoms with van der Waals surface area (Å²) < 4.78 is 31.5. The second-order valence-corrected chi connectivity index (χ2v) is 16.9. The lowest BCUT2D eigenvalue weighted by Gasteiger charge is -2.32. The molecule has 0 saturated heterocycles. The monoisotopic (exact) mass is 891 g/mol. The Labute approximate surface area is 375 Å². The van der Waals surface area contributed by atoms with Gasteiger partial charge in [-0.15, -0.1) is 0 Å². The molecule has 3 N–H and O–H groups in total. The zero-order valence-corrected chi connectivity index (χ0v) is 37.5. The first-order valence-corrected chi connectivity index (χ1v) is 23.3. The summed E-state index contributed by atoms with van der Waals surface area (Å²) in [6.07, 6.45) is 3.91. The quantitative estimate of drug-likeness (QED) is 0.0152. The molecule has 0 unspecified atom stereocenters. The molecule has 0 radical (unpaired) electrons. The van der Waals surface area contributed by atoms with Crippen LogP contribution in [-0.2, 0) is 47.9 Å². The lowest BCUT2D eigenvalue weighted by molar-refractivity contribution is -0.200. The number of benzene rings is 4. The molecule has 338 valence electrons. The minimum absolute atomic E-state index is 0.0203. The van der Waals surface area contributed by atoms with Crippen LogP contribution in [0.4, 0.5) is 0 Å². The minimum atomic E-state index is -3.84. The molecule has 5 aromatic rings. The van der Waals surface area contributed by atoms with Crippen molar-refractivity contribution < 1.29 is 42.4 Å². The van der Waals surface area contributed by atoms with Crippen LogP contribution in [0.15, 0.2) is 127 Å². The number of unbranched alkanes of at least 4 members (excludes halogenated alkanes) is 2. The fraction of sp³-hybridized carbons (Fsp3) is 0.327. The number of aromatic nitrogens is 1. The molecule has 5 rings (SSSR count). The van der Waals surface area contributed by atoms with Gasteiger partial charge in [-0.3, -0.25) is 28.6 Å². The van der Waals surface area contributed by atoms with E-state index in [1.807, 2.05) is 97.9 Å². The fourth-order valence-electron chi connectivity index (χ4n) is 6.87. The number of pyridine rings is 1. The standard InChI is InChI=1S/C49H58N5O9P/c1-4-7-11-25-41(45(5-2)54(36-55)61-31-37-19-12-8-13-20-37)47(56)50-34-51-49(58)44-27-18-26-43(53-44)40-28-29-42(46(30-40)60-6-3)48(57)52-35-64(59,62-32-38-21-14-9-15-22-38)63-33-39-23-16-10-17-24-39/h8-10,12-24,26-30,36,41,45H,4-7,11,25,31-35H2,1-3H3,(H,50,56)(H,51,58)(H,52,57)/t41-,45-/m1/s1. The predicted octanol–water partition coefficient (Wildman–Crippen LogP) is 8.83. The Morgan fingerprint density at radius 2 is 1.34 bits per heavy atom. The summed E-state index contributed by atoms with van der Waals surface area (Å²) in [6, 6.07) is 37.3. The summed E-state index contributed by atoms with van der Waals surface area (Å²) in [4.78, 5) is 63.3. The Kier molecular flexibility index (Phi) is 19.7. The van der Waals surface area contributed by atoms with Crippen molar-refractivity contribution in [1.29, 1.82) is 0 Å². The van der Waals surface area contributed by atoms with Crippen molar-refractivity contribution in [2.45, 2.75) is 78.7 Å². The highest BCUT2D eigenvalue weighted by molar-refractivity contribution is 7.53. The number of carbonyl (C=O) groups is 4. The molecule has 0 bridgehead atoms. The van der Waals surface area contributed by atoms with E-state index in [-0.39, 0.29) is 56.0 Å². The van der Waals surface area contributed by atoms with Gasteiger partial charge in [-0.05, 0) is 60.7 Å². The molecule has 15 heteroatoms. The Morgan fingerprint density at radius 1 is 0.719 bits per heavy atom. The molecule has 0 fully saturated rings. The number of hydroxylamine groups is 2. The molecule has 0 saturated carbocycles. The molecule has 1 heterocycles. The first kappa shape index (κ1) is 48.8. The van der Waals surface area contributed by atoms with Crippen molar-refractivity contribution >= 4 is 31.7 Å². The maximum absolute atomic E-state index is 14.0. The van der Waals surface area contributed by atoms with Crippen LogP contribution in [0.3, 0.4) is 0 Å². The van der Waals surface area contributed by atoms with E-state index in [0.29, 0.717) is 30.5 Å². The molecule has 0 spiro atoms. The Hall–Kier alpha value is -6.18. The average Bonchev–Trinajstić information content (AvgIpc) is 3.33. The third-order valence-electron chi connectivity index (χ3n) is 10.3. The van der Waals surface area contributed by atoms with Crippen molar-refractivity contribution in [3.8, 4) is 17.0 Å². The number of hydrogen-bond acceptors (Lipinski definition) is 10. The molecule has 1 aromatic heterocycles. The zero-order valence-electron chi connectivity index (χ0n) is 36.7. The first-order chi connectivity index (χ1) is 31.2. The van der Waals surface area contributed by atoms with Crippen LogP contribution in [0.2, 0.25) is 0 Å². The van der Waals surface area contributed by atoms with Crippen LogP contribution < -0.4 is 20.7 Å². The maximum Gasteiger partial charge on any atom is 0.350 e. The van der Waals surface area contributed by atoms with E-state index in [1.165, 1.54) is 5.06 Å². The van der Waals surface area contributed by atoms with E-state index < -0.39 is 37.7 Å². The molecule has 14 nitrogen and oxygen atoms in total. The Bertz CT molecular complexity index is 2240. The van der Waals surface area contributed by atoms with Crippen LogP contribution in [0, 0.1) is 5.92 Å². The third-order valence-corrected chi connectivity index (χ3v) is 11.9. The van der Waals surface area contributed by atoms with Gasteiger partial charge < -0.3 is 29.7 Å². The molecular weight excluding hydrogens is 834 g/mol. The van der Waals surface area contributed by atoms with Crippen LogP contribution in [0.5, 0.6) is 5.75 Å². The smallest absolute Gasteiger partial charge is 0.350 e. The van der Waals surface area contributed by atoms with Gasteiger partial charge in [0, 0.05) is 5.56 Å². The highest BCUT2D eigenvalue weighted by Crippen LogP contribution is 2.49. The zero-order chi connectivity index (χ0) is 45.6. The van der Waals surface area contributed by atoms with Crippen LogP contribution in [0.25, 0.3) is 11.3 Å². The van der Waals surface area contributed by atoms with E-state index in [4.69, 9.17) is 18.6 Å². The van der Waals surface area contributed by atoms with Gasteiger partial charge in [0.25, 0.3) is 11.8 Å². The van der Waals surface area contributed by atoms with Gasteiger partial charge in [-0.25, -0.2) is 10.0 Å². The van der Waals surface area contributed by atoms with Gasteiger partial charge >= 0.3 is 7.60 Å². The van der Waals surface area contributed by atoms with Gasteiger partial charge in [0.2, 0.25) is 12.3 Å². The predicted molar refractivity (Wildman–Crippen MR) is 245 cm³/mol. The minimum Gasteiger partial charge on any atom is -0.493 e. The first-order valence-electron chi connectivity index (χ1n) is 21.6. The number of amides is 4. The summed E-state index contributed by atoms with van der Waals surface area (Å²) in [7, 11) is -3.84. The van der Waals surface area contributed by atoms with Crippen molar-refractivity contribution in [3.63, 3.8) is 0 Å². The summed E-state index contributed by atoms with van der Waals surface area (Å²) in [6.45, 7) is 6.06. The van der Waals surface area contributed by atoms with Crippen molar-refractivity contribution in [2.75, 3.05) is 19.6 Å². The number of nitrogens with one attached hydrogen (secondary N) is 3. The number of nitrogens with zero attached hydrogens (tertiary/aromatic N) is 2. The van der Waals surface area contributed by atoms with Gasteiger partial charge in [0.1, 0.15) is 24.3 Å². The van der Waals surface area contributed by atoms with Crippen molar-refractivity contribution in [1.82, 2.24) is 26.0 Å². The summed E-state index contributed by atoms with van der Waals surface area (Å²) in [5.41, 5.74) is 3.77. The largest absolute Gasteiger partial charge is 0.493 e. The molecule has 64 heavy (non-hydrogen) atoms. The van der Waals surface area contributed by atoms with Gasteiger partial charge in [0.05, 0.1) is 49.7 Å².